The number of aromatic nitrogens is 2. The number of carbonyl (C=O) groups excluding carboxylic acids is 1. The number of aliphatic carboxylic acids is 1. The first-order chi connectivity index (χ1) is 10.5. The van der Waals surface area contributed by atoms with E-state index in [-0.39, 0.29) is 25.2 Å². The third-order valence-corrected chi connectivity index (χ3v) is 3.88. The molecule has 23 heavy (non-hydrogen) atoms. The second kappa shape index (κ2) is 5.74. The number of aryl methyl sites for hydroxylation is 1. The van der Waals surface area contributed by atoms with Crippen molar-refractivity contribution in [1.82, 2.24) is 20.0 Å². The Bertz CT molecular complexity index is 628. The number of carboxylic acid groups (broad SMARTS) is 1. The van der Waals surface area contributed by atoms with E-state index < -0.39 is 29.3 Å². The first-order valence-corrected chi connectivity index (χ1v) is 6.89. The lowest BCUT2D eigenvalue weighted by atomic mass is 9.90. The van der Waals surface area contributed by atoms with Gasteiger partial charge in [0.15, 0.2) is 5.69 Å². The summed E-state index contributed by atoms with van der Waals surface area (Å²) in [6.07, 6.45) is -3.11. The lowest BCUT2D eigenvalue weighted by Crippen LogP contribution is -2.40. The minimum absolute atomic E-state index is 0.0212. The molecular formula is C13H17F3N4O3. The molecule has 2 amide bonds. The fourth-order valence-electron chi connectivity index (χ4n) is 2.50. The van der Waals surface area contributed by atoms with Gasteiger partial charge >= 0.3 is 18.2 Å². The highest BCUT2D eigenvalue weighted by molar-refractivity contribution is 5.79. The normalized spacial score (nSPS) is 21.5. The predicted octanol–water partition coefficient (Wildman–Crippen LogP) is 1.45. The Morgan fingerprint density at radius 3 is 2.65 bits per heavy atom. The molecule has 10 heteroatoms. The summed E-state index contributed by atoms with van der Waals surface area (Å²) >= 11 is 0. The lowest BCUT2D eigenvalue weighted by Gasteiger charge is -2.20. The molecule has 1 saturated heterocycles. The molecule has 1 aliphatic rings. The SMILES string of the molecule is Cn1cc(CNC(=O)N2CCC(C)(C(=O)O)C2)c(C(F)(F)F)n1. The molecule has 2 heterocycles. The van der Waals surface area contributed by atoms with Gasteiger partial charge in [-0.25, -0.2) is 4.79 Å². The van der Waals surface area contributed by atoms with Crippen molar-refractivity contribution in [1.29, 1.82) is 0 Å². The third kappa shape index (κ3) is 3.57. The Labute approximate surface area is 130 Å². The fourth-order valence-corrected chi connectivity index (χ4v) is 2.50. The molecular weight excluding hydrogens is 317 g/mol. The van der Waals surface area contributed by atoms with E-state index in [1.165, 1.54) is 25.1 Å². The second-order valence-electron chi connectivity index (χ2n) is 5.87. The molecule has 0 spiro atoms. The molecule has 128 valence electrons. The average Bonchev–Trinajstić information content (AvgIpc) is 3.00. The molecule has 0 bridgehead atoms. The molecule has 0 radical (unpaired) electrons. The van der Waals surface area contributed by atoms with E-state index in [9.17, 15) is 22.8 Å². The first-order valence-electron chi connectivity index (χ1n) is 6.89. The second-order valence-corrected chi connectivity index (χ2v) is 5.87. The van der Waals surface area contributed by atoms with E-state index in [1.807, 2.05) is 0 Å². The van der Waals surface area contributed by atoms with Crippen molar-refractivity contribution in [3.05, 3.63) is 17.5 Å². The molecule has 0 saturated carbocycles. The number of likely N-dealkylation sites (tertiary alicyclic amines) is 1. The zero-order valence-electron chi connectivity index (χ0n) is 12.6. The summed E-state index contributed by atoms with van der Waals surface area (Å²) in [5, 5.41) is 14.9. The molecule has 2 rings (SSSR count). The maximum Gasteiger partial charge on any atom is 0.435 e. The van der Waals surface area contributed by atoms with Gasteiger partial charge in [0.1, 0.15) is 0 Å². The van der Waals surface area contributed by atoms with Crippen LogP contribution in [0.3, 0.4) is 0 Å². The number of halogens is 3. The summed E-state index contributed by atoms with van der Waals surface area (Å²) in [7, 11) is 1.36. The van der Waals surface area contributed by atoms with Crippen molar-refractivity contribution in [3.8, 4) is 0 Å². The summed E-state index contributed by atoms with van der Waals surface area (Å²) < 4.78 is 39.5. The van der Waals surface area contributed by atoms with Crippen LogP contribution in [0.1, 0.15) is 24.6 Å². The highest BCUT2D eigenvalue weighted by Crippen LogP contribution is 2.31. The summed E-state index contributed by atoms with van der Waals surface area (Å²) in [4.78, 5) is 24.4. The molecule has 1 fully saturated rings. The van der Waals surface area contributed by atoms with Crippen LogP contribution >= 0.6 is 0 Å². The Hall–Kier alpha value is -2.26. The number of alkyl halides is 3. The highest BCUT2D eigenvalue weighted by atomic mass is 19.4. The van der Waals surface area contributed by atoms with Gasteiger partial charge in [0, 0.05) is 38.4 Å². The number of amides is 2. The molecule has 7 nitrogen and oxygen atoms in total. The van der Waals surface area contributed by atoms with Crippen molar-refractivity contribution in [2.45, 2.75) is 26.1 Å². The van der Waals surface area contributed by atoms with Crippen LogP contribution in [0.25, 0.3) is 0 Å². The Kier molecular flexibility index (Phi) is 4.27. The van der Waals surface area contributed by atoms with Crippen molar-refractivity contribution in [3.63, 3.8) is 0 Å². The van der Waals surface area contributed by atoms with Crippen molar-refractivity contribution < 1.29 is 27.9 Å². The van der Waals surface area contributed by atoms with E-state index in [0.717, 1.165) is 4.68 Å². The average molecular weight is 334 g/mol. The van der Waals surface area contributed by atoms with Crippen LogP contribution in [0, 0.1) is 5.41 Å². The number of urea groups is 1. The number of rotatable bonds is 3. The molecule has 0 aliphatic carbocycles. The van der Waals surface area contributed by atoms with Gasteiger partial charge < -0.3 is 15.3 Å². The van der Waals surface area contributed by atoms with Gasteiger partial charge in [0.05, 0.1) is 5.41 Å². The van der Waals surface area contributed by atoms with Crippen LogP contribution < -0.4 is 5.32 Å². The molecule has 1 aromatic heterocycles. The molecule has 0 aromatic carbocycles. The summed E-state index contributed by atoms with van der Waals surface area (Å²) in [6.45, 7) is 1.47. The van der Waals surface area contributed by atoms with E-state index >= 15 is 0 Å². The lowest BCUT2D eigenvalue weighted by molar-refractivity contribution is -0.147. The van der Waals surface area contributed by atoms with Gasteiger partial charge in [-0.2, -0.15) is 18.3 Å². The van der Waals surface area contributed by atoms with Crippen LogP contribution in [-0.4, -0.2) is 44.9 Å². The predicted molar refractivity (Wildman–Crippen MR) is 72.4 cm³/mol. The monoisotopic (exact) mass is 334 g/mol. The van der Waals surface area contributed by atoms with Gasteiger partial charge in [-0.05, 0) is 13.3 Å². The van der Waals surface area contributed by atoms with E-state index in [2.05, 4.69) is 10.4 Å². The Balaban J connectivity index is 2.00. The van der Waals surface area contributed by atoms with E-state index in [1.54, 1.807) is 0 Å². The van der Waals surface area contributed by atoms with Gasteiger partial charge in [-0.15, -0.1) is 0 Å². The number of carbonyl (C=O) groups is 2. The molecule has 1 unspecified atom stereocenters. The first kappa shape index (κ1) is 17.1. The number of nitrogens with one attached hydrogen (secondary N) is 1. The van der Waals surface area contributed by atoms with Crippen LogP contribution in [-0.2, 0) is 24.6 Å². The standard InChI is InChI=1S/C13H17F3N4O3/c1-12(10(21)22)3-4-20(7-12)11(23)17-5-8-6-19(2)18-9(8)13(14,15)16/h6H,3-5,7H2,1-2H3,(H,17,23)(H,21,22). The summed E-state index contributed by atoms with van der Waals surface area (Å²) in [5.74, 6) is -1.00. The van der Waals surface area contributed by atoms with Crippen molar-refractivity contribution >= 4 is 12.0 Å². The topological polar surface area (TPSA) is 87.5 Å². The Morgan fingerprint density at radius 1 is 1.48 bits per heavy atom. The number of hydrogen-bond donors (Lipinski definition) is 2. The number of hydrogen-bond acceptors (Lipinski definition) is 3. The van der Waals surface area contributed by atoms with E-state index in [0.29, 0.717) is 6.42 Å². The smallest absolute Gasteiger partial charge is 0.435 e. The molecule has 1 aliphatic heterocycles. The van der Waals surface area contributed by atoms with Crippen molar-refractivity contribution in [2.24, 2.45) is 12.5 Å². The maximum atomic E-state index is 12.8. The van der Waals surface area contributed by atoms with E-state index in [4.69, 9.17) is 5.11 Å². The number of carboxylic acids is 1. The quantitative estimate of drug-likeness (QED) is 0.876. The molecule has 2 N–H and O–H groups in total. The minimum Gasteiger partial charge on any atom is -0.481 e. The fraction of sp³-hybridized carbons (Fsp3) is 0.615. The highest BCUT2D eigenvalue weighted by Gasteiger charge is 2.42. The van der Waals surface area contributed by atoms with Crippen molar-refractivity contribution in [2.75, 3.05) is 13.1 Å². The Morgan fingerprint density at radius 2 is 2.13 bits per heavy atom. The zero-order valence-corrected chi connectivity index (χ0v) is 12.6. The summed E-state index contributed by atoms with van der Waals surface area (Å²) in [6, 6.07) is -0.591. The van der Waals surface area contributed by atoms with Crippen LogP contribution in [0.5, 0.6) is 0 Å². The maximum absolute atomic E-state index is 12.8. The molecule has 1 atom stereocenters. The van der Waals surface area contributed by atoms with Gasteiger partial charge in [-0.1, -0.05) is 0 Å². The van der Waals surface area contributed by atoms with Crippen LogP contribution in [0.4, 0.5) is 18.0 Å². The van der Waals surface area contributed by atoms with Gasteiger partial charge in [0.2, 0.25) is 0 Å². The van der Waals surface area contributed by atoms with Crippen LogP contribution in [0.15, 0.2) is 6.20 Å². The third-order valence-electron chi connectivity index (χ3n) is 3.88. The van der Waals surface area contributed by atoms with Crippen LogP contribution in [0.2, 0.25) is 0 Å². The number of nitrogens with zero attached hydrogens (tertiary/aromatic N) is 3. The van der Waals surface area contributed by atoms with Gasteiger partial charge in [0.25, 0.3) is 0 Å². The molecule has 1 aromatic rings. The zero-order chi connectivity index (χ0) is 17.4. The largest absolute Gasteiger partial charge is 0.481 e. The summed E-state index contributed by atoms with van der Waals surface area (Å²) in [5.41, 5.74) is -2.21. The minimum atomic E-state index is -4.60. The van der Waals surface area contributed by atoms with Gasteiger partial charge in [-0.3, -0.25) is 9.48 Å².